The predicted octanol–water partition coefficient (Wildman–Crippen LogP) is 5.77. The molecular formula is C31H31N7OS. The van der Waals surface area contributed by atoms with Crippen LogP contribution >= 0.6 is 11.3 Å². The largest absolute Gasteiger partial charge is 0.317 e. The predicted molar refractivity (Wildman–Crippen MR) is 159 cm³/mol. The highest BCUT2D eigenvalue weighted by Crippen LogP contribution is 2.33. The number of nitrogens with zero attached hydrogens (tertiary/aromatic N) is 6. The van der Waals surface area contributed by atoms with Crippen LogP contribution in [0.2, 0.25) is 0 Å². The van der Waals surface area contributed by atoms with E-state index in [1.165, 1.54) is 10.7 Å². The second-order valence-electron chi connectivity index (χ2n) is 9.33. The molecule has 2 aromatic carbocycles. The molecule has 9 heteroatoms. The number of rotatable bonds is 6. The Morgan fingerprint density at radius 3 is 2.62 bits per heavy atom. The van der Waals surface area contributed by atoms with Gasteiger partial charge in [0.05, 0.1) is 41.0 Å². The molecule has 1 aliphatic rings. The van der Waals surface area contributed by atoms with Gasteiger partial charge in [-0.25, -0.2) is 9.67 Å². The SMILES string of the molecule is CC.N#Cc1cccc(-c2ccc(=O)n(Cc3cccc(-c4ncc(-c5cnn(C6CCNCC6)c5)s4)c3)n2)c1. The highest BCUT2D eigenvalue weighted by molar-refractivity contribution is 7.18. The van der Waals surface area contributed by atoms with Crippen LogP contribution in [0.15, 0.2) is 84.0 Å². The molecule has 0 saturated carbocycles. The van der Waals surface area contributed by atoms with Gasteiger partial charge in [0.25, 0.3) is 5.56 Å². The van der Waals surface area contributed by atoms with E-state index >= 15 is 0 Å². The molecule has 0 radical (unpaired) electrons. The first kappa shape index (κ1) is 27.2. The monoisotopic (exact) mass is 549 g/mol. The summed E-state index contributed by atoms with van der Waals surface area (Å²) in [6, 6.07) is 21.1. The van der Waals surface area contributed by atoms with Gasteiger partial charge >= 0.3 is 0 Å². The second-order valence-corrected chi connectivity index (χ2v) is 10.4. The number of thiazole rings is 1. The lowest BCUT2D eigenvalue weighted by Crippen LogP contribution is -2.29. The van der Waals surface area contributed by atoms with Gasteiger partial charge in [0.2, 0.25) is 0 Å². The van der Waals surface area contributed by atoms with E-state index in [9.17, 15) is 10.1 Å². The van der Waals surface area contributed by atoms with Crippen LogP contribution in [-0.2, 0) is 6.54 Å². The quantitative estimate of drug-likeness (QED) is 0.289. The zero-order valence-corrected chi connectivity index (χ0v) is 23.4. The first-order chi connectivity index (χ1) is 19.7. The van der Waals surface area contributed by atoms with Gasteiger partial charge in [-0.1, -0.05) is 44.2 Å². The van der Waals surface area contributed by atoms with E-state index in [2.05, 4.69) is 43.5 Å². The van der Waals surface area contributed by atoms with Gasteiger partial charge in [-0.2, -0.15) is 15.5 Å². The van der Waals surface area contributed by atoms with Gasteiger partial charge in [0.15, 0.2) is 0 Å². The average Bonchev–Trinajstić information content (AvgIpc) is 3.71. The summed E-state index contributed by atoms with van der Waals surface area (Å²) in [4.78, 5) is 18.3. The summed E-state index contributed by atoms with van der Waals surface area (Å²) in [5.74, 6) is 0. The van der Waals surface area contributed by atoms with Crippen LogP contribution in [0.3, 0.4) is 0 Å². The molecule has 40 heavy (non-hydrogen) atoms. The zero-order valence-electron chi connectivity index (χ0n) is 22.6. The lowest BCUT2D eigenvalue weighted by Gasteiger charge is -2.22. The molecule has 3 aromatic heterocycles. The Labute approximate surface area is 237 Å². The molecule has 0 amide bonds. The smallest absolute Gasteiger partial charge is 0.267 e. The number of hydrogen-bond acceptors (Lipinski definition) is 7. The molecular weight excluding hydrogens is 518 g/mol. The van der Waals surface area contributed by atoms with Gasteiger partial charge in [-0.3, -0.25) is 9.48 Å². The van der Waals surface area contributed by atoms with E-state index < -0.39 is 0 Å². The van der Waals surface area contributed by atoms with Crippen molar-refractivity contribution in [2.45, 2.75) is 39.3 Å². The minimum Gasteiger partial charge on any atom is -0.317 e. The summed E-state index contributed by atoms with van der Waals surface area (Å²) >= 11 is 1.63. The Kier molecular flexibility index (Phi) is 8.59. The number of piperidine rings is 1. The van der Waals surface area contributed by atoms with E-state index in [1.807, 2.05) is 56.6 Å². The fraction of sp³-hybridized carbons (Fsp3) is 0.258. The topological polar surface area (TPSA) is 101 Å². The van der Waals surface area contributed by atoms with Crippen molar-refractivity contribution in [1.29, 1.82) is 5.26 Å². The minimum absolute atomic E-state index is 0.183. The summed E-state index contributed by atoms with van der Waals surface area (Å²) in [6.45, 7) is 6.39. The molecule has 1 aliphatic heterocycles. The van der Waals surface area contributed by atoms with Crippen molar-refractivity contribution >= 4 is 11.3 Å². The normalized spacial score (nSPS) is 13.3. The molecule has 6 rings (SSSR count). The lowest BCUT2D eigenvalue weighted by molar-refractivity contribution is 0.343. The number of hydrogen-bond donors (Lipinski definition) is 1. The van der Waals surface area contributed by atoms with E-state index in [1.54, 1.807) is 29.5 Å². The van der Waals surface area contributed by atoms with Crippen molar-refractivity contribution < 1.29 is 0 Å². The van der Waals surface area contributed by atoms with Gasteiger partial charge in [0.1, 0.15) is 5.01 Å². The lowest BCUT2D eigenvalue weighted by atomic mass is 10.1. The molecule has 0 unspecified atom stereocenters. The Morgan fingerprint density at radius 2 is 1.80 bits per heavy atom. The maximum atomic E-state index is 12.6. The standard InChI is InChI=1S/C29H25N7OS.C2H6/c30-15-20-3-1-5-22(13-20)26-7-8-28(37)36(34-26)18-21-4-2-6-23(14-21)29-32-17-27(38-29)24-16-33-35(19-24)25-9-11-31-12-10-25;1-2/h1-8,13-14,16-17,19,25,31H,9-12,18H2;1-2H3. The molecule has 0 spiro atoms. The molecule has 0 atom stereocenters. The summed E-state index contributed by atoms with van der Waals surface area (Å²) < 4.78 is 3.54. The molecule has 1 fully saturated rings. The van der Waals surface area contributed by atoms with Crippen molar-refractivity contribution in [2.75, 3.05) is 13.1 Å². The second kappa shape index (κ2) is 12.6. The van der Waals surface area contributed by atoms with Crippen molar-refractivity contribution in [1.82, 2.24) is 29.9 Å². The van der Waals surface area contributed by atoms with E-state index in [0.29, 0.717) is 23.8 Å². The molecule has 1 saturated heterocycles. The van der Waals surface area contributed by atoms with Crippen molar-refractivity contribution in [3.05, 3.63) is 101 Å². The third-order valence-electron chi connectivity index (χ3n) is 6.73. The maximum absolute atomic E-state index is 12.6. The Hall–Kier alpha value is -4.39. The van der Waals surface area contributed by atoms with Crippen LogP contribution in [0.5, 0.6) is 0 Å². The summed E-state index contributed by atoms with van der Waals surface area (Å²) in [6.07, 6.45) is 8.14. The van der Waals surface area contributed by atoms with Gasteiger partial charge in [-0.15, -0.1) is 11.3 Å². The third-order valence-corrected chi connectivity index (χ3v) is 7.83. The molecule has 0 aliphatic carbocycles. The Bertz CT molecular complexity index is 1690. The number of benzene rings is 2. The fourth-order valence-electron chi connectivity index (χ4n) is 4.72. The van der Waals surface area contributed by atoms with Crippen LogP contribution in [0.4, 0.5) is 0 Å². The van der Waals surface area contributed by atoms with E-state index in [4.69, 9.17) is 0 Å². The Morgan fingerprint density at radius 1 is 1.00 bits per heavy atom. The molecule has 5 aromatic rings. The molecule has 0 bridgehead atoms. The number of nitrogens with one attached hydrogen (secondary N) is 1. The first-order valence-corrected chi connectivity index (χ1v) is 14.4. The van der Waals surface area contributed by atoms with E-state index in [-0.39, 0.29) is 5.56 Å². The van der Waals surface area contributed by atoms with Crippen LogP contribution in [0.1, 0.15) is 43.9 Å². The Balaban J connectivity index is 0.00000158. The van der Waals surface area contributed by atoms with Crippen molar-refractivity contribution in [2.24, 2.45) is 0 Å². The highest BCUT2D eigenvalue weighted by atomic mass is 32.1. The van der Waals surface area contributed by atoms with Crippen LogP contribution in [-0.4, -0.2) is 37.6 Å². The maximum Gasteiger partial charge on any atom is 0.267 e. The summed E-state index contributed by atoms with van der Waals surface area (Å²) in [5, 5.41) is 22.7. The van der Waals surface area contributed by atoms with Gasteiger partial charge in [0, 0.05) is 35.2 Å². The molecule has 1 N–H and O–H groups in total. The zero-order chi connectivity index (χ0) is 27.9. The van der Waals surface area contributed by atoms with Crippen molar-refractivity contribution in [3.63, 3.8) is 0 Å². The fourth-order valence-corrected chi connectivity index (χ4v) is 5.60. The molecule has 8 nitrogen and oxygen atoms in total. The molecule has 4 heterocycles. The van der Waals surface area contributed by atoms with Crippen molar-refractivity contribution in [3.8, 4) is 38.3 Å². The van der Waals surface area contributed by atoms with Gasteiger partial charge in [-0.05, 0) is 55.8 Å². The minimum atomic E-state index is -0.183. The van der Waals surface area contributed by atoms with Gasteiger partial charge < -0.3 is 5.32 Å². The van der Waals surface area contributed by atoms with E-state index in [0.717, 1.165) is 58.1 Å². The third kappa shape index (κ3) is 6.09. The first-order valence-electron chi connectivity index (χ1n) is 13.6. The summed E-state index contributed by atoms with van der Waals surface area (Å²) in [5.41, 5.74) is 4.84. The van der Waals surface area contributed by atoms with Crippen LogP contribution in [0.25, 0.3) is 32.3 Å². The highest BCUT2D eigenvalue weighted by Gasteiger charge is 2.17. The van der Waals surface area contributed by atoms with Crippen LogP contribution < -0.4 is 10.9 Å². The van der Waals surface area contributed by atoms with Crippen LogP contribution in [0, 0.1) is 11.3 Å². The number of aromatic nitrogens is 5. The average molecular weight is 550 g/mol. The molecule has 202 valence electrons. The number of nitriles is 1. The summed E-state index contributed by atoms with van der Waals surface area (Å²) in [7, 11) is 0.